The first-order valence-corrected chi connectivity index (χ1v) is 30.1. The highest BCUT2D eigenvalue weighted by Crippen LogP contribution is 2.45. The van der Waals surface area contributed by atoms with E-state index in [0.717, 1.165) is 76.6 Å². The number of benzene rings is 10. The molecule has 3 fully saturated rings. The molecule has 2 aromatic heterocycles. The van der Waals surface area contributed by atoms with Gasteiger partial charge in [0.2, 0.25) is 0 Å². The number of fused-ring (bicyclic) bond motifs is 8. The van der Waals surface area contributed by atoms with Crippen molar-refractivity contribution >= 4 is 117 Å². The highest BCUT2D eigenvalue weighted by Gasteiger charge is 2.64. The van der Waals surface area contributed by atoms with E-state index in [4.69, 9.17) is 48.4 Å². The Morgan fingerprint density at radius 3 is 1.10 bits per heavy atom. The summed E-state index contributed by atoms with van der Waals surface area (Å²) in [5, 5.41) is 9.88. The molecule has 0 atom stereocenters. The van der Waals surface area contributed by atoms with Crippen LogP contribution in [-0.2, 0) is 27.9 Å². The van der Waals surface area contributed by atoms with E-state index in [0.29, 0.717) is 0 Å². The van der Waals surface area contributed by atoms with Crippen molar-refractivity contribution < 1.29 is 38.2 Å². The van der Waals surface area contributed by atoms with Crippen LogP contribution >= 0.6 is 25.1 Å². The van der Waals surface area contributed by atoms with Crippen LogP contribution in [0.1, 0.15) is 84.5 Å². The van der Waals surface area contributed by atoms with E-state index in [1.54, 1.807) is 0 Å². The fraction of sp³-hybridized carbons (Fsp3) is 0.243. The number of hydrogen-bond donors (Lipinski definition) is 0. The topological polar surface area (TPSA) is 81.7 Å². The van der Waals surface area contributed by atoms with Gasteiger partial charge in [-0.2, -0.15) is 13.5 Å². The van der Waals surface area contributed by atoms with Gasteiger partial charge in [0.05, 0.1) is 38.6 Å². The number of rotatable bonds is 6. The van der Waals surface area contributed by atoms with Crippen LogP contribution in [0.3, 0.4) is 0 Å². The molecule has 0 N–H and O–H groups in total. The van der Waals surface area contributed by atoms with Crippen molar-refractivity contribution in [1.29, 1.82) is 0 Å². The second-order valence-electron chi connectivity index (χ2n) is 26.0. The summed E-state index contributed by atoms with van der Waals surface area (Å²) in [7, 11) is -1.40. The first kappa shape index (κ1) is 60.2. The van der Waals surface area contributed by atoms with Gasteiger partial charge < -0.3 is 36.8 Å². The molecule has 15 rings (SSSR count). The van der Waals surface area contributed by atoms with Crippen molar-refractivity contribution in [3.8, 4) is 44.5 Å². The Balaban J connectivity index is 0.000000143. The van der Waals surface area contributed by atoms with E-state index in [9.17, 15) is 0 Å². The third-order valence-electron chi connectivity index (χ3n) is 18.9. The van der Waals surface area contributed by atoms with Gasteiger partial charge in [-0.3, -0.25) is 0 Å². The zero-order chi connectivity index (χ0) is 60.1. The molecule has 0 spiro atoms. The van der Waals surface area contributed by atoms with Crippen molar-refractivity contribution in [2.24, 2.45) is 0 Å². The maximum atomic E-state index is 6.49. The summed E-state index contributed by atoms with van der Waals surface area (Å²) in [5.41, 5.74) is 11.4. The van der Waals surface area contributed by atoms with Crippen molar-refractivity contribution in [2.75, 3.05) is 0 Å². The molecule has 0 unspecified atom stereocenters. The molecule has 0 saturated carbocycles. The van der Waals surface area contributed by atoms with Gasteiger partial charge in [-0.15, -0.1) is 0 Å². The molecular weight excluding hydrogens is 1120 g/mol. The molecule has 87 heavy (non-hydrogen) atoms. The minimum absolute atomic E-state index is 0. The standard InChI is InChI=1S/C34H29BO3.C28H17ClO.C12H24B2O4.H2S.H2/c1-33(2)34(3,4)38-35(37-33)29-13-8-14-30-31(29)28-12-7-11-27(32(28)36-30)24-18-15-23(16-19-24)26-20-17-22-9-5-6-10-25(22)21-26;29-25-9-4-10-26-27(25)24-8-3-7-23(28(24)30-26)20-14-11-19(12-15-20)22-16-13-18-5-1-2-6-21(18)17-22;1-9(2)10(3,4)16-13(15-9)14-17-11(5,6)12(7,8)18-14;;/h5-21H,1-4H3;1-17H;1-8H3;1H2;1H/i;;;;1+2. The molecule has 13 heteroatoms. The predicted molar refractivity (Wildman–Crippen MR) is 370 cm³/mol. The van der Waals surface area contributed by atoms with E-state index in [2.05, 4.69) is 204 Å². The summed E-state index contributed by atoms with van der Waals surface area (Å²) in [4.78, 5) is 0. The molecule has 12 aromatic rings. The molecule has 3 aliphatic rings. The van der Waals surface area contributed by atoms with Crippen LogP contribution in [-0.4, -0.2) is 54.7 Å². The van der Waals surface area contributed by atoms with Gasteiger partial charge in [0.1, 0.15) is 22.3 Å². The smallest absolute Gasteiger partial charge is 0.455 e. The Morgan fingerprint density at radius 1 is 0.322 bits per heavy atom. The van der Waals surface area contributed by atoms with E-state index >= 15 is 0 Å². The van der Waals surface area contributed by atoms with Crippen molar-refractivity contribution in [1.82, 2.24) is 0 Å². The first-order chi connectivity index (χ1) is 41.0. The number of halogens is 1. The van der Waals surface area contributed by atoms with Gasteiger partial charge in [0.25, 0.3) is 0 Å². The second kappa shape index (κ2) is 22.5. The number of hydrogen-bond acceptors (Lipinski definition) is 8. The molecule has 3 aliphatic heterocycles. The van der Waals surface area contributed by atoms with Crippen LogP contribution in [0.25, 0.3) is 110 Å². The Bertz CT molecular complexity index is 4470. The molecule has 3 saturated heterocycles. The maximum absolute atomic E-state index is 6.49. The Labute approximate surface area is 524 Å². The normalized spacial score (nSPS) is 17.8. The van der Waals surface area contributed by atoms with E-state index in [1.807, 2.05) is 85.7 Å². The molecule has 0 bridgehead atoms. The van der Waals surface area contributed by atoms with Crippen molar-refractivity contribution in [3.05, 3.63) is 211 Å². The average molecular weight is 1190 g/mol. The first-order valence-electron chi connectivity index (χ1n) is 29.8. The largest absolute Gasteiger partial charge is 0.495 e. The average Bonchev–Trinajstić information content (AvgIpc) is 2.54. The zero-order valence-corrected chi connectivity index (χ0v) is 53.3. The van der Waals surface area contributed by atoms with E-state index in [1.165, 1.54) is 43.8 Å². The summed E-state index contributed by atoms with van der Waals surface area (Å²) in [6, 6.07) is 72.1. The summed E-state index contributed by atoms with van der Waals surface area (Å²) in [6.07, 6.45) is 0. The third-order valence-corrected chi connectivity index (χ3v) is 19.2. The summed E-state index contributed by atoms with van der Waals surface area (Å²) in [6.45, 7) is 24.5. The lowest BCUT2D eigenvalue weighted by atomic mass is 9.49. The van der Waals surface area contributed by atoms with Crippen LogP contribution < -0.4 is 5.46 Å². The van der Waals surface area contributed by atoms with Crippen molar-refractivity contribution in [3.63, 3.8) is 0 Å². The van der Waals surface area contributed by atoms with Gasteiger partial charge in [0.15, 0.2) is 0 Å². The van der Waals surface area contributed by atoms with Gasteiger partial charge in [0, 0.05) is 34.1 Å². The lowest BCUT2D eigenvalue weighted by molar-refractivity contribution is 0.00578. The summed E-state index contributed by atoms with van der Waals surface area (Å²) >= 11 is 6.45. The molecule has 10 aromatic carbocycles. The van der Waals surface area contributed by atoms with Crippen LogP contribution in [0.2, 0.25) is 5.02 Å². The molecular formula is C74H74B3ClO8S. The summed E-state index contributed by atoms with van der Waals surface area (Å²) < 4.78 is 49.4. The van der Waals surface area contributed by atoms with Gasteiger partial charge in [-0.1, -0.05) is 188 Å². The molecule has 8 nitrogen and oxygen atoms in total. The predicted octanol–water partition coefficient (Wildman–Crippen LogP) is 19.7. The fourth-order valence-corrected chi connectivity index (χ4v) is 12.0. The molecule has 0 aliphatic carbocycles. The van der Waals surface area contributed by atoms with Gasteiger partial charge in [-0.25, -0.2) is 0 Å². The zero-order valence-electron chi connectivity index (χ0n) is 51.5. The minimum atomic E-state index is -0.476. The highest BCUT2D eigenvalue weighted by atomic mass is 35.5. The summed E-state index contributed by atoms with van der Waals surface area (Å²) in [5.74, 6) is 0. The van der Waals surface area contributed by atoms with Crippen LogP contribution in [0.15, 0.2) is 215 Å². The third kappa shape index (κ3) is 11.0. The second-order valence-corrected chi connectivity index (χ2v) is 26.4. The molecule has 0 amide bonds. The van der Waals surface area contributed by atoms with E-state index < -0.39 is 32.3 Å². The lowest BCUT2D eigenvalue weighted by Crippen LogP contribution is -2.41. The molecule has 0 radical (unpaired) electrons. The Morgan fingerprint density at radius 2 is 0.667 bits per heavy atom. The lowest BCUT2D eigenvalue weighted by Gasteiger charge is -2.32. The molecule has 440 valence electrons. The van der Waals surface area contributed by atoms with Crippen LogP contribution in [0.5, 0.6) is 0 Å². The van der Waals surface area contributed by atoms with Gasteiger partial charge >= 0.3 is 21.1 Å². The Kier molecular flexibility index (Phi) is 15.6. The monoisotopic (exact) mass is 1190 g/mol. The minimum Gasteiger partial charge on any atom is -0.455 e. The fourth-order valence-electron chi connectivity index (χ4n) is 11.7. The molecule has 5 heterocycles. The van der Waals surface area contributed by atoms with Crippen molar-refractivity contribution in [2.45, 2.75) is 117 Å². The van der Waals surface area contributed by atoms with Crippen LogP contribution in [0.4, 0.5) is 0 Å². The highest BCUT2D eigenvalue weighted by molar-refractivity contribution is 7.59. The quantitative estimate of drug-likeness (QED) is 0.152. The maximum Gasteiger partial charge on any atom is 0.495 e. The SMILES string of the molecule is CC1(C)OB(B2OC(C)(C)C(C)(C)O2)OC1(C)C.CC1(C)OB(c2cccc3oc4c(-c5ccc(-c6ccc7ccccc7c6)cc5)cccc4c23)OC1(C)C.Clc1cccc2oc3c(-c4ccc(-c5ccc6ccccc6c5)cc4)cccc3c12.S.[3HH]. The number of para-hydroxylation sites is 2. The number of furan rings is 2. The van der Waals surface area contributed by atoms with Crippen LogP contribution in [0, 0.1) is 0 Å². The van der Waals surface area contributed by atoms with Gasteiger partial charge in [-0.05, 0) is 174 Å². The van der Waals surface area contributed by atoms with E-state index in [-0.39, 0.29) is 37.3 Å². The Hall–Kier alpha value is -7.09.